The van der Waals surface area contributed by atoms with E-state index in [-0.39, 0.29) is 5.82 Å². The van der Waals surface area contributed by atoms with Crippen molar-refractivity contribution in [2.45, 2.75) is 6.92 Å². The zero-order valence-corrected chi connectivity index (χ0v) is 10.8. The topological polar surface area (TPSA) is 41.3 Å². The van der Waals surface area contributed by atoms with Gasteiger partial charge in [0.2, 0.25) is 0 Å². The molecule has 1 N–H and O–H groups in total. The molecule has 2 heterocycles. The maximum absolute atomic E-state index is 14.6. The van der Waals surface area contributed by atoms with Crippen molar-refractivity contribution in [3.05, 3.63) is 36.2 Å². The molecule has 3 rings (SSSR count). The third kappa shape index (κ3) is 2.33. The van der Waals surface area contributed by atoms with E-state index in [0.29, 0.717) is 22.8 Å². The number of aromatic nitrogens is 1. The predicted molar refractivity (Wildman–Crippen MR) is 71.7 cm³/mol. The lowest BCUT2D eigenvalue weighted by Crippen LogP contribution is -2.43. The molecule has 1 saturated heterocycles. The maximum Gasteiger partial charge on any atom is 0.191 e. The Morgan fingerprint density at radius 3 is 2.79 bits per heavy atom. The second-order valence-corrected chi connectivity index (χ2v) is 4.63. The van der Waals surface area contributed by atoms with E-state index in [0.717, 1.165) is 26.2 Å². The van der Waals surface area contributed by atoms with Crippen molar-refractivity contribution in [2.75, 3.05) is 31.1 Å². The highest BCUT2D eigenvalue weighted by molar-refractivity contribution is 5.66. The molecular weight excluding hydrogens is 245 g/mol. The van der Waals surface area contributed by atoms with E-state index in [1.165, 1.54) is 6.26 Å². The number of piperazine rings is 1. The Bertz CT molecular complexity index is 576. The number of hydrogen-bond donors (Lipinski definition) is 1. The van der Waals surface area contributed by atoms with Crippen molar-refractivity contribution in [2.24, 2.45) is 0 Å². The van der Waals surface area contributed by atoms with E-state index in [4.69, 9.17) is 4.42 Å². The van der Waals surface area contributed by atoms with E-state index < -0.39 is 0 Å². The first-order valence-corrected chi connectivity index (χ1v) is 6.42. The molecule has 4 nitrogen and oxygen atoms in total. The summed E-state index contributed by atoms with van der Waals surface area (Å²) >= 11 is 0. The Morgan fingerprint density at radius 2 is 2.11 bits per heavy atom. The van der Waals surface area contributed by atoms with Gasteiger partial charge in [-0.25, -0.2) is 9.37 Å². The number of nitrogens with one attached hydrogen (secondary N) is 1. The summed E-state index contributed by atoms with van der Waals surface area (Å²) in [5, 5.41) is 3.26. The van der Waals surface area contributed by atoms with Crippen LogP contribution < -0.4 is 10.2 Å². The first kappa shape index (κ1) is 12.2. The lowest BCUT2D eigenvalue weighted by atomic mass is 10.1. The fourth-order valence-electron chi connectivity index (χ4n) is 2.35. The SMILES string of the molecule is Cc1nc(-c2cccc(N3CCNCC3)c2F)co1. The van der Waals surface area contributed by atoms with Gasteiger partial charge < -0.3 is 14.6 Å². The molecule has 0 atom stereocenters. The summed E-state index contributed by atoms with van der Waals surface area (Å²) in [6.45, 7) is 5.15. The van der Waals surface area contributed by atoms with Crippen LogP contribution in [-0.2, 0) is 0 Å². The minimum atomic E-state index is -0.224. The van der Waals surface area contributed by atoms with Crippen molar-refractivity contribution in [3.8, 4) is 11.3 Å². The fraction of sp³-hybridized carbons (Fsp3) is 0.357. The fourth-order valence-corrected chi connectivity index (χ4v) is 2.35. The zero-order chi connectivity index (χ0) is 13.2. The van der Waals surface area contributed by atoms with Gasteiger partial charge >= 0.3 is 0 Å². The lowest BCUT2D eigenvalue weighted by molar-refractivity contribution is 0.521. The molecule has 5 heteroatoms. The number of anilines is 1. The highest BCUT2D eigenvalue weighted by atomic mass is 19.1. The lowest BCUT2D eigenvalue weighted by Gasteiger charge is -2.30. The largest absolute Gasteiger partial charge is 0.449 e. The quantitative estimate of drug-likeness (QED) is 0.899. The van der Waals surface area contributed by atoms with E-state index in [1.807, 2.05) is 12.1 Å². The molecule has 0 bridgehead atoms. The van der Waals surface area contributed by atoms with Crippen LogP contribution in [0.2, 0.25) is 0 Å². The number of rotatable bonds is 2. The van der Waals surface area contributed by atoms with Crippen molar-refractivity contribution in [1.82, 2.24) is 10.3 Å². The molecule has 0 saturated carbocycles. The van der Waals surface area contributed by atoms with Gasteiger partial charge in [0.05, 0.1) is 5.69 Å². The smallest absolute Gasteiger partial charge is 0.191 e. The monoisotopic (exact) mass is 261 g/mol. The van der Waals surface area contributed by atoms with Gasteiger partial charge in [0.15, 0.2) is 11.7 Å². The third-order valence-electron chi connectivity index (χ3n) is 3.33. The number of nitrogens with zero attached hydrogens (tertiary/aromatic N) is 2. The van der Waals surface area contributed by atoms with Crippen LogP contribution in [0.5, 0.6) is 0 Å². The van der Waals surface area contributed by atoms with Crippen LogP contribution in [0.25, 0.3) is 11.3 Å². The molecule has 100 valence electrons. The summed E-state index contributed by atoms with van der Waals surface area (Å²) < 4.78 is 19.8. The molecule has 1 aromatic carbocycles. The molecule has 1 fully saturated rings. The highest BCUT2D eigenvalue weighted by Crippen LogP contribution is 2.29. The van der Waals surface area contributed by atoms with E-state index in [1.54, 1.807) is 13.0 Å². The van der Waals surface area contributed by atoms with Crippen LogP contribution in [0.1, 0.15) is 5.89 Å². The maximum atomic E-state index is 14.6. The molecule has 2 aromatic rings. The Hall–Kier alpha value is -1.88. The van der Waals surface area contributed by atoms with Gasteiger partial charge in [-0.05, 0) is 12.1 Å². The van der Waals surface area contributed by atoms with Crippen LogP contribution in [0.3, 0.4) is 0 Å². The average molecular weight is 261 g/mol. The van der Waals surface area contributed by atoms with Gasteiger partial charge in [-0.3, -0.25) is 0 Å². The first-order chi connectivity index (χ1) is 9.25. The Kier molecular flexibility index (Phi) is 3.21. The minimum Gasteiger partial charge on any atom is -0.449 e. The van der Waals surface area contributed by atoms with Crippen molar-refractivity contribution < 1.29 is 8.81 Å². The zero-order valence-electron chi connectivity index (χ0n) is 10.8. The third-order valence-corrected chi connectivity index (χ3v) is 3.33. The summed E-state index contributed by atoms with van der Waals surface area (Å²) in [6, 6.07) is 5.41. The summed E-state index contributed by atoms with van der Waals surface area (Å²) in [6.07, 6.45) is 1.50. The number of hydrogen-bond acceptors (Lipinski definition) is 4. The number of halogens is 1. The van der Waals surface area contributed by atoms with Crippen LogP contribution in [0.4, 0.5) is 10.1 Å². The second-order valence-electron chi connectivity index (χ2n) is 4.63. The van der Waals surface area contributed by atoms with Crippen molar-refractivity contribution in [1.29, 1.82) is 0 Å². The molecule has 0 spiro atoms. The van der Waals surface area contributed by atoms with Crippen LogP contribution in [0, 0.1) is 12.7 Å². The van der Waals surface area contributed by atoms with Crippen LogP contribution >= 0.6 is 0 Å². The standard InChI is InChI=1S/C14H16FN3O/c1-10-17-12(9-19-10)11-3-2-4-13(14(11)15)18-7-5-16-6-8-18/h2-4,9,16H,5-8H2,1H3. The molecule has 0 amide bonds. The van der Waals surface area contributed by atoms with Gasteiger partial charge in [0, 0.05) is 38.7 Å². The molecule has 0 radical (unpaired) electrons. The van der Waals surface area contributed by atoms with Crippen molar-refractivity contribution >= 4 is 5.69 Å². The molecule has 1 aromatic heterocycles. The molecule has 19 heavy (non-hydrogen) atoms. The second kappa shape index (κ2) is 5.01. The van der Waals surface area contributed by atoms with Gasteiger partial charge in [-0.1, -0.05) is 6.07 Å². The van der Waals surface area contributed by atoms with Gasteiger partial charge in [0.25, 0.3) is 0 Å². The summed E-state index contributed by atoms with van der Waals surface area (Å²) in [5.74, 6) is 0.319. The van der Waals surface area contributed by atoms with Gasteiger partial charge in [-0.15, -0.1) is 0 Å². The summed E-state index contributed by atoms with van der Waals surface area (Å²) in [7, 11) is 0. The Labute approximate surface area is 111 Å². The molecular formula is C14H16FN3O. The van der Waals surface area contributed by atoms with Crippen molar-refractivity contribution in [3.63, 3.8) is 0 Å². The molecule has 0 aliphatic carbocycles. The van der Waals surface area contributed by atoms with E-state index >= 15 is 0 Å². The minimum absolute atomic E-state index is 0.224. The molecule has 1 aliphatic rings. The molecule has 1 aliphatic heterocycles. The van der Waals surface area contributed by atoms with Crippen LogP contribution in [0.15, 0.2) is 28.9 Å². The first-order valence-electron chi connectivity index (χ1n) is 6.42. The van der Waals surface area contributed by atoms with Gasteiger partial charge in [0.1, 0.15) is 12.0 Å². The number of benzene rings is 1. The number of aryl methyl sites for hydroxylation is 1. The highest BCUT2D eigenvalue weighted by Gasteiger charge is 2.18. The van der Waals surface area contributed by atoms with Gasteiger partial charge in [-0.2, -0.15) is 0 Å². The average Bonchev–Trinajstić information content (AvgIpc) is 2.86. The Morgan fingerprint density at radius 1 is 1.32 bits per heavy atom. The Balaban J connectivity index is 1.98. The summed E-state index contributed by atoms with van der Waals surface area (Å²) in [4.78, 5) is 6.25. The number of oxazole rings is 1. The molecule has 0 unspecified atom stereocenters. The van der Waals surface area contributed by atoms with E-state index in [9.17, 15) is 4.39 Å². The van der Waals surface area contributed by atoms with E-state index in [2.05, 4.69) is 15.2 Å². The summed E-state index contributed by atoms with van der Waals surface area (Å²) in [5.41, 5.74) is 1.68. The normalized spacial score (nSPS) is 15.8. The predicted octanol–water partition coefficient (Wildman–Crippen LogP) is 2.20. The van der Waals surface area contributed by atoms with Crippen LogP contribution in [-0.4, -0.2) is 31.2 Å².